The number of anilines is 1. The van der Waals surface area contributed by atoms with E-state index < -0.39 is 5.54 Å². The van der Waals surface area contributed by atoms with Crippen molar-refractivity contribution < 1.29 is 5.11 Å². The zero-order valence-electron chi connectivity index (χ0n) is 8.28. The first-order valence-corrected chi connectivity index (χ1v) is 4.32. The fourth-order valence-electron chi connectivity index (χ4n) is 0.996. The summed E-state index contributed by atoms with van der Waals surface area (Å²) in [6.45, 7) is 3.69. The van der Waals surface area contributed by atoms with Crippen molar-refractivity contribution in [1.29, 1.82) is 5.26 Å². The van der Waals surface area contributed by atoms with Crippen LogP contribution in [0.4, 0.5) is 5.69 Å². The lowest BCUT2D eigenvalue weighted by atomic mass is 10.1. The molecule has 0 fully saturated rings. The molecule has 4 heteroatoms. The van der Waals surface area contributed by atoms with Crippen LogP contribution in [0.1, 0.15) is 19.4 Å². The van der Waals surface area contributed by atoms with Gasteiger partial charge in [0.1, 0.15) is 6.07 Å². The molecule has 0 aromatic carbocycles. The summed E-state index contributed by atoms with van der Waals surface area (Å²) in [4.78, 5) is 3.92. The molecule has 1 heterocycles. The van der Waals surface area contributed by atoms with Crippen LogP contribution in [0, 0.1) is 11.3 Å². The Kier molecular flexibility index (Phi) is 3.05. The molecule has 0 bridgehead atoms. The van der Waals surface area contributed by atoms with E-state index >= 15 is 0 Å². The standard InChI is InChI=1S/C10H13N3O/c1-10(2,7-14)13-9-6-12-4-3-8(9)5-11/h3-4,6,13-14H,7H2,1-2H3. The van der Waals surface area contributed by atoms with Gasteiger partial charge < -0.3 is 10.4 Å². The van der Waals surface area contributed by atoms with Gasteiger partial charge in [-0.2, -0.15) is 5.26 Å². The van der Waals surface area contributed by atoms with Gasteiger partial charge >= 0.3 is 0 Å². The molecule has 0 amide bonds. The minimum atomic E-state index is -0.450. The van der Waals surface area contributed by atoms with Crippen LogP contribution in [0.25, 0.3) is 0 Å². The molecular formula is C10H13N3O. The third-order valence-electron chi connectivity index (χ3n) is 1.81. The second-order valence-corrected chi connectivity index (χ2v) is 3.70. The van der Waals surface area contributed by atoms with Crippen LogP contribution in [0.5, 0.6) is 0 Å². The molecule has 0 radical (unpaired) electrons. The molecule has 1 aromatic rings. The molecular weight excluding hydrogens is 178 g/mol. The van der Waals surface area contributed by atoms with Crippen molar-refractivity contribution >= 4 is 5.69 Å². The van der Waals surface area contributed by atoms with E-state index in [1.165, 1.54) is 0 Å². The molecule has 0 aliphatic rings. The molecule has 1 aromatic heterocycles. The minimum absolute atomic E-state index is 0.00718. The fourth-order valence-corrected chi connectivity index (χ4v) is 0.996. The SMILES string of the molecule is CC(C)(CO)Nc1cnccc1C#N. The second-order valence-electron chi connectivity index (χ2n) is 3.70. The Morgan fingerprint density at radius 2 is 2.36 bits per heavy atom. The Hall–Kier alpha value is -1.60. The van der Waals surface area contributed by atoms with Gasteiger partial charge in [-0.05, 0) is 19.9 Å². The summed E-state index contributed by atoms with van der Waals surface area (Å²) in [6.07, 6.45) is 3.14. The number of aliphatic hydroxyl groups excluding tert-OH is 1. The van der Waals surface area contributed by atoms with Gasteiger partial charge in [0.25, 0.3) is 0 Å². The van der Waals surface area contributed by atoms with E-state index in [9.17, 15) is 0 Å². The van der Waals surface area contributed by atoms with E-state index in [4.69, 9.17) is 10.4 Å². The highest BCUT2D eigenvalue weighted by Gasteiger charge is 2.17. The number of nitrogens with zero attached hydrogens (tertiary/aromatic N) is 2. The molecule has 0 aliphatic heterocycles. The molecule has 0 spiro atoms. The monoisotopic (exact) mass is 191 g/mol. The number of pyridine rings is 1. The van der Waals surface area contributed by atoms with Crippen molar-refractivity contribution in [3.05, 3.63) is 24.0 Å². The number of nitriles is 1. The highest BCUT2D eigenvalue weighted by Crippen LogP contribution is 2.17. The number of hydrogen-bond acceptors (Lipinski definition) is 4. The molecule has 2 N–H and O–H groups in total. The van der Waals surface area contributed by atoms with E-state index in [-0.39, 0.29) is 6.61 Å². The van der Waals surface area contributed by atoms with Gasteiger partial charge in [-0.15, -0.1) is 0 Å². The Balaban J connectivity index is 2.92. The number of hydrogen-bond donors (Lipinski definition) is 2. The van der Waals surface area contributed by atoms with E-state index in [1.54, 1.807) is 18.5 Å². The number of aliphatic hydroxyl groups is 1. The van der Waals surface area contributed by atoms with Crippen LogP contribution in [0.2, 0.25) is 0 Å². The first kappa shape index (κ1) is 10.5. The topological polar surface area (TPSA) is 68.9 Å². The van der Waals surface area contributed by atoms with Crippen molar-refractivity contribution in [3.63, 3.8) is 0 Å². The average molecular weight is 191 g/mol. The summed E-state index contributed by atoms with van der Waals surface area (Å²) in [7, 11) is 0. The van der Waals surface area contributed by atoms with Crippen molar-refractivity contribution in [2.75, 3.05) is 11.9 Å². The zero-order chi connectivity index (χ0) is 10.6. The summed E-state index contributed by atoms with van der Waals surface area (Å²) < 4.78 is 0. The Morgan fingerprint density at radius 3 is 2.93 bits per heavy atom. The molecule has 0 saturated heterocycles. The third-order valence-corrected chi connectivity index (χ3v) is 1.81. The highest BCUT2D eigenvalue weighted by molar-refractivity contribution is 5.56. The van der Waals surface area contributed by atoms with Crippen LogP contribution >= 0.6 is 0 Å². The molecule has 14 heavy (non-hydrogen) atoms. The van der Waals surface area contributed by atoms with Crippen molar-refractivity contribution in [3.8, 4) is 6.07 Å². The molecule has 0 saturated carbocycles. The summed E-state index contributed by atoms with van der Waals surface area (Å²) in [5.41, 5.74) is 0.727. The molecule has 4 nitrogen and oxygen atoms in total. The predicted octanol–water partition coefficient (Wildman–Crippen LogP) is 1.14. The second kappa shape index (κ2) is 4.07. The maximum absolute atomic E-state index is 9.05. The van der Waals surface area contributed by atoms with Crippen LogP contribution in [0.3, 0.4) is 0 Å². The van der Waals surface area contributed by atoms with Crippen molar-refractivity contribution in [2.24, 2.45) is 0 Å². The predicted molar refractivity (Wildman–Crippen MR) is 53.7 cm³/mol. The van der Waals surface area contributed by atoms with Crippen molar-refractivity contribution in [2.45, 2.75) is 19.4 Å². The fraction of sp³-hybridized carbons (Fsp3) is 0.400. The van der Waals surface area contributed by atoms with Gasteiger partial charge in [0, 0.05) is 6.20 Å². The molecule has 0 aliphatic carbocycles. The Bertz CT molecular complexity index is 355. The summed E-state index contributed by atoms with van der Waals surface area (Å²) >= 11 is 0. The maximum atomic E-state index is 9.05. The molecule has 1 rings (SSSR count). The van der Waals surface area contributed by atoms with Gasteiger partial charge in [-0.25, -0.2) is 0 Å². The van der Waals surface area contributed by atoms with E-state index in [2.05, 4.69) is 16.4 Å². The summed E-state index contributed by atoms with van der Waals surface area (Å²) in [6, 6.07) is 3.69. The Labute approximate surface area is 83.2 Å². The largest absolute Gasteiger partial charge is 0.394 e. The van der Waals surface area contributed by atoms with E-state index in [1.807, 2.05) is 13.8 Å². The van der Waals surface area contributed by atoms with Gasteiger partial charge in [-0.3, -0.25) is 4.98 Å². The smallest absolute Gasteiger partial charge is 0.101 e. The third kappa shape index (κ3) is 2.44. The minimum Gasteiger partial charge on any atom is -0.394 e. The van der Waals surface area contributed by atoms with Gasteiger partial charge in [0.15, 0.2) is 0 Å². The van der Waals surface area contributed by atoms with Gasteiger partial charge in [0.2, 0.25) is 0 Å². The van der Waals surface area contributed by atoms with Crippen LogP contribution in [-0.2, 0) is 0 Å². The van der Waals surface area contributed by atoms with E-state index in [0.29, 0.717) is 11.3 Å². The lowest BCUT2D eigenvalue weighted by Crippen LogP contribution is -2.35. The molecule has 0 atom stereocenters. The lowest BCUT2D eigenvalue weighted by Gasteiger charge is -2.25. The first-order chi connectivity index (χ1) is 6.59. The van der Waals surface area contributed by atoms with Crippen LogP contribution in [0.15, 0.2) is 18.5 Å². The Morgan fingerprint density at radius 1 is 1.64 bits per heavy atom. The number of aromatic nitrogens is 1. The molecule has 74 valence electrons. The first-order valence-electron chi connectivity index (χ1n) is 4.32. The van der Waals surface area contributed by atoms with Gasteiger partial charge in [-0.1, -0.05) is 0 Å². The number of nitrogens with one attached hydrogen (secondary N) is 1. The normalized spacial score (nSPS) is 10.7. The quantitative estimate of drug-likeness (QED) is 0.751. The molecule has 0 unspecified atom stereocenters. The summed E-state index contributed by atoms with van der Waals surface area (Å²) in [5, 5.41) is 20.9. The average Bonchev–Trinajstić information content (AvgIpc) is 2.18. The van der Waals surface area contributed by atoms with Crippen LogP contribution in [-0.4, -0.2) is 22.2 Å². The summed E-state index contributed by atoms with van der Waals surface area (Å²) in [5.74, 6) is 0. The lowest BCUT2D eigenvalue weighted by molar-refractivity contribution is 0.234. The van der Waals surface area contributed by atoms with Crippen LogP contribution < -0.4 is 5.32 Å². The highest BCUT2D eigenvalue weighted by atomic mass is 16.3. The van der Waals surface area contributed by atoms with Crippen molar-refractivity contribution in [1.82, 2.24) is 4.98 Å². The van der Waals surface area contributed by atoms with E-state index in [0.717, 1.165) is 0 Å². The maximum Gasteiger partial charge on any atom is 0.101 e. The van der Waals surface area contributed by atoms with Gasteiger partial charge in [0.05, 0.1) is 29.6 Å². The number of rotatable bonds is 3. The zero-order valence-corrected chi connectivity index (χ0v) is 8.28.